The lowest BCUT2D eigenvalue weighted by Gasteiger charge is -2.43. The van der Waals surface area contributed by atoms with Gasteiger partial charge in [0, 0.05) is 50.4 Å². The highest BCUT2D eigenvalue weighted by molar-refractivity contribution is 6.39. The SMILES string of the molecule is CO[C@@H]1C[C@@H](C[C@@H](C)[C@@H]2CC[C@H](C)/C=C(\C)[C@@H](O)[C@@H](OC)C(=O)[C@H](C)C[C@H](C)/C=C/C=C/C=C(\C)[C@@H](Nc3cccc(OC(F)(F)F)c3)C[C@@H]3CC[C@@H](C)[C@@](O)(O3)C(=O)C(=O)N3CCCC[C@H]3C(=O)O2)CC[C@H]1O. The van der Waals surface area contributed by atoms with Crippen molar-refractivity contribution in [3.8, 4) is 5.75 Å². The van der Waals surface area contributed by atoms with E-state index in [1.807, 2.05) is 65.0 Å². The minimum absolute atomic E-state index is 0.0397. The van der Waals surface area contributed by atoms with Gasteiger partial charge in [0.1, 0.15) is 30.1 Å². The lowest BCUT2D eigenvalue weighted by atomic mass is 9.78. The van der Waals surface area contributed by atoms with Crippen molar-refractivity contribution in [2.75, 3.05) is 26.1 Å². The van der Waals surface area contributed by atoms with Crippen molar-refractivity contribution in [2.45, 2.75) is 193 Å². The predicted molar refractivity (Wildman–Crippen MR) is 274 cm³/mol. The van der Waals surface area contributed by atoms with Crippen LogP contribution in [0.3, 0.4) is 0 Å². The number of methoxy groups -OCH3 is 2. The van der Waals surface area contributed by atoms with E-state index in [4.69, 9.17) is 18.9 Å². The Morgan fingerprint density at radius 2 is 1.61 bits per heavy atom. The zero-order valence-corrected chi connectivity index (χ0v) is 44.9. The Labute approximate surface area is 436 Å². The van der Waals surface area contributed by atoms with Crippen LogP contribution >= 0.6 is 0 Å². The number of ether oxygens (including phenoxy) is 5. The van der Waals surface area contributed by atoms with Gasteiger partial charge in [-0.1, -0.05) is 82.7 Å². The summed E-state index contributed by atoms with van der Waals surface area (Å²) in [4.78, 5) is 58.5. The van der Waals surface area contributed by atoms with Crippen molar-refractivity contribution in [2.24, 2.45) is 35.5 Å². The zero-order chi connectivity index (χ0) is 54.5. The second kappa shape index (κ2) is 27.6. The van der Waals surface area contributed by atoms with E-state index in [0.717, 1.165) is 12.0 Å². The lowest BCUT2D eigenvalue weighted by molar-refractivity contribution is -0.274. The molecule has 1 aromatic rings. The van der Waals surface area contributed by atoms with Gasteiger partial charge in [0.05, 0.1) is 18.3 Å². The Kier molecular flexibility index (Phi) is 22.6. The van der Waals surface area contributed by atoms with Gasteiger partial charge in [0.2, 0.25) is 5.79 Å². The second-order valence-corrected chi connectivity index (χ2v) is 21.7. The molecule has 1 saturated carbocycles. The van der Waals surface area contributed by atoms with Crippen LogP contribution in [0.5, 0.6) is 5.75 Å². The number of nitrogens with zero attached hydrogens (tertiary/aromatic N) is 1. The number of halogens is 3. The normalized spacial score (nSPS) is 37.0. The number of piperidine rings is 1. The number of anilines is 1. The number of allylic oxidation sites excluding steroid dienone is 6. The molecule has 1 amide bonds. The second-order valence-electron chi connectivity index (χ2n) is 21.7. The van der Waals surface area contributed by atoms with Gasteiger partial charge >= 0.3 is 12.3 Å². The maximum absolute atomic E-state index is 14.5. The Bertz CT molecular complexity index is 2160. The number of alkyl halides is 3. The number of carbonyl (C=O) groups excluding carboxylic acids is 4. The molecular formula is C57H83F3N2O12. The summed E-state index contributed by atoms with van der Waals surface area (Å²) in [6.45, 7) is 13.1. The molecular weight excluding hydrogens is 962 g/mol. The molecule has 3 aliphatic heterocycles. The third-order valence-corrected chi connectivity index (χ3v) is 15.7. The summed E-state index contributed by atoms with van der Waals surface area (Å²) in [5.74, 6) is -7.53. The van der Waals surface area contributed by atoms with Crippen molar-refractivity contribution >= 4 is 29.1 Å². The number of Topliss-reactive ketones (excluding diaryl/α,β-unsaturated/α-hetero) is 2. The van der Waals surface area contributed by atoms with Crippen molar-refractivity contribution < 1.29 is 71.4 Å². The minimum atomic E-state index is -4.92. The molecule has 0 spiro atoms. The Morgan fingerprint density at radius 3 is 2.31 bits per heavy atom. The number of hydrogen-bond acceptors (Lipinski definition) is 13. The molecule has 5 rings (SSSR count). The molecule has 414 valence electrons. The molecule has 15 atom stereocenters. The molecule has 3 fully saturated rings. The van der Waals surface area contributed by atoms with Gasteiger partial charge in [-0.05, 0) is 139 Å². The summed E-state index contributed by atoms with van der Waals surface area (Å²) >= 11 is 0. The van der Waals surface area contributed by atoms with Crippen molar-refractivity contribution in [1.82, 2.24) is 4.90 Å². The molecule has 4 N–H and O–H groups in total. The zero-order valence-electron chi connectivity index (χ0n) is 44.9. The number of rotatable bonds is 8. The van der Waals surface area contributed by atoms with Crippen LogP contribution < -0.4 is 10.1 Å². The number of fused-ring (bicyclic) bond motifs is 3. The topological polar surface area (TPSA) is 190 Å². The number of benzene rings is 1. The highest BCUT2D eigenvalue weighted by atomic mass is 19.4. The number of ketones is 2. The van der Waals surface area contributed by atoms with Crippen LogP contribution in [0, 0.1) is 35.5 Å². The van der Waals surface area contributed by atoms with Crippen LogP contribution in [-0.4, -0.2) is 125 Å². The van der Waals surface area contributed by atoms with E-state index in [1.165, 1.54) is 30.2 Å². The molecule has 17 heteroatoms. The van der Waals surface area contributed by atoms with E-state index in [0.29, 0.717) is 75.5 Å². The number of nitrogens with one attached hydrogen (secondary N) is 1. The van der Waals surface area contributed by atoms with E-state index in [2.05, 4.69) is 10.1 Å². The van der Waals surface area contributed by atoms with Crippen LogP contribution in [0.2, 0.25) is 0 Å². The minimum Gasteiger partial charge on any atom is -0.461 e. The molecule has 3 heterocycles. The molecule has 1 aromatic carbocycles. The number of cyclic esters (lactones) is 1. The van der Waals surface area contributed by atoms with Crippen LogP contribution in [0.1, 0.15) is 132 Å². The maximum Gasteiger partial charge on any atom is 0.573 e. The summed E-state index contributed by atoms with van der Waals surface area (Å²) in [6.07, 6.45) is 7.87. The van der Waals surface area contributed by atoms with Crippen LogP contribution in [-0.2, 0) is 38.1 Å². The standard InChI is InChI=1S/C57H83F3N2O12/c1-34-16-11-10-12-17-36(3)45(61-42-18-15-19-43(32-42)74-57(58,59)60)33-44-24-22-40(7)56(69,73-44)53(66)54(67)62-27-14-13-20-46(62)55(68)72-48(37(4)30-41-23-25-47(63)49(31-41)70-8)26-21-35(2)29-39(6)51(65)52(71-9)50(64)38(5)28-34/h10-12,15-19,29,32,34-35,37-38,40-41,44-49,51-52,61,63,65,69H,13-14,20-28,30-31,33H2,1-9H3/b12-10+,16-11+,36-17+,39-29+/t34-,35+,37-,38-,40-,41-,44+,45+,46+,47-,48+,49-,51-,52+,56-/m1/s1. The molecule has 14 nitrogen and oxygen atoms in total. The summed E-state index contributed by atoms with van der Waals surface area (Å²) < 4.78 is 67.8. The third-order valence-electron chi connectivity index (χ3n) is 15.7. The molecule has 4 aliphatic rings. The highest BCUT2D eigenvalue weighted by Crippen LogP contribution is 2.38. The molecule has 0 aromatic heterocycles. The number of esters is 1. The monoisotopic (exact) mass is 1040 g/mol. The number of aliphatic hydroxyl groups excluding tert-OH is 2. The first-order valence-corrected chi connectivity index (χ1v) is 26.7. The van der Waals surface area contributed by atoms with Crippen molar-refractivity contribution in [1.29, 1.82) is 0 Å². The van der Waals surface area contributed by atoms with Gasteiger partial charge in [0.25, 0.3) is 11.7 Å². The van der Waals surface area contributed by atoms with Crippen LogP contribution in [0.25, 0.3) is 0 Å². The van der Waals surface area contributed by atoms with Crippen molar-refractivity contribution in [3.63, 3.8) is 0 Å². The number of hydrogen-bond donors (Lipinski definition) is 4. The van der Waals surface area contributed by atoms with Gasteiger partial charge in [-0.3, -0.25) is 14.4 Å². The smallest absolute Gasteiger partial charge is 0.461 e. The molecule has 2 bridgehead atoms. The van der Waals surface area contributed by atoms with Gasteiger partial charge in [-0.15, -0.1) is 13.2 Å². The number of carbonyl (C=O) groups is 4. The summed E-state index contributed by atoms with van der Waals surface area (Å²) in [6, 6.07) is 3.67. The Balaban J connectivity index is 1.49. The van der Waals surface area contributed by atoms with E-state index in [-0.39, 0.29) is 54.9 Å². The van der Waals surface area contributed by atoms with Gasteiger partial charge in [-0.2, -0.15) is 0 Å². The van der Waals surface area contributed by atoms with Crippen LogP contribution in [0.15, 0.2) is 71.9 Å². The molecule has 2 saturated heterocycles. The first-order chi connectivity index (χ1) is 34.9. The number of aliphatic hydroxyl groups is 3. The maximum atomic E-state index is 14.5. The predicted octanol–water partition coefficient (Wildman–Crippen LogP) is 9.37. The van der Waals surface area contributed by atoms with E-state index in [1.54, 1.807) is 33.1 Å². The highest BCUT2D eigenvalue weighted by Gasteiger charge is 2.53. The summed E-state index contributed by atoms with van der Waals surface area (Å²) in [7, 11) is 2.99. The van der Waals surface area contributed by atoms with E-state index < -0.39 is 90.0 Å². The Hall–Kier alpha value is -4.39. The van der Waals surface area contributed by atoms with E-state index in [9.17, 15) is 47.7 Å². The first-order valence-electron chi connectivity index (χ1n) is 26.7. The van der Waals surface area contributed by atoms with Gasteiger partial charge in [0.15, 0.2) is 5.78 Å². The van der Waals surface area contributed by atoms with Crippen molar-refractivity contribution in [3.05, 3.63) is 71.9 Å². The van der Waals surface area contributed by atoms with E-state index >= 15 is 0 Å². The van der Waals surface area contributed by atoms with Gasteiger partial charge < -0.3 is 49.2 Å². The fraction of sp³-hybridized carbons (Fsp3) is 0.684. The fourth-order valence-electron chi connectivity index (χ4n) is 11.2. The average molecular weight is 1050 g/mol. The summed E-state index contributed by atoms with van der Waals surface area (Å²) in [5.41, 5.74) is 1.59. The lowest BCUT2D eigenvalue weighted by Crippen LogP contribution is -2.61. The largest absolute Gasteiger partial charge is 0.573 e. The Morgan fingerprint density at radius 1 is 0.865 bits per heavy atom. The third kappa shape index (κ3) is 16.8. The quantitative estimate of drug-likeness (QED) is 0.110. The molecule has 1 aliphatic carbocycles. The molecule has 0 unspecified atom stereocenters. The first kappa shape index (κ1) is 60.5. The number of amides is 1. The average Bonchev–Trinajstić information content (AvgIpc) is 3.35. The molecule has 74 heavy (non-hydrogen) atoms. The fourth-order valence-corrected chi connectivity index (χ4v) is 11.2. The van der Waals surface area contributed by atoms with Crippen LogP contribution in [0.4, 0.5) is 18.9 Å². The van der Waals surface area contributed by atoms with Gasteiger partial charge in [-0.25, -0.2) is 4.79 Å². The summed E-state index contributed by atoms with van der Waals surface area (Å²) in [5, 5.41) is 37.5. The molecule has 0 radical (unpaired) electrons.